The van der Waals surface area contributed by atoms with Gasteiger partial charge in [-0.25, -0.2) is 4.98 Å². The largest absolute Gasteiger partial charge is 0.497 e. The highest BCUT2D eigenvalue weighted by molar-refractivity contribution is 7.16. The monoisotopic (exact) mass is 340 g/mol. The molecule has 0 aliphatic heterocycles. The first-order valence-corrected chi connectivity index (χ1v) is 8.46. The van der Waals surface area contributed by atoms with Crippen molar-refractivity contribution in [1.82, 2.24) is 4.98 Å². The minimum atomic E-state index is 0.721. The molecule has 3 rings (SSSR count). The smallest absolute Gasteiger partial charge is 0.188 e. The number of thiazole rings is 1. The molecule has 2 aromatic carbocycles. The Morgan fingerprint density at radius 3 is 2.38 bits per heavy atom. The highest BCUT2D eigenvalue weighted by atomic mass is 32.1. The van der Waals surface area contributed by atoms with Gasteiger partial charge >= 0.3 is 0 Å². The third kappa shape index (κ3) is 3.36. The number of hydrogen-bond donors (Lipinski definition) is 1. The Morgan fingerprint density at radius 2 is 1.71 bits per heavy atom. The zero-order valence-corrected chi connectivity index (χ0v) is 15.0. The lowest BCUT2D eigenvalue weighted by molar-refractivity contribution is 0.395. The lowest BCUT2D eigenvalue weighted by Crippen LogP contribution is -1.95. The maximum atomic E-state index is 5.43. The second-order valence-corrected chi connectivity index (χ2v) is 6.68. The average Bonchev–Trinajstić information content (AvgIpc) is 2.96. The molecular weight excluding hydrogens is 320 g/mol. The molecule has 0 saturated carbocycles. The van der Waals surface area contributed by atoms with Crippen LogP contribution in [0.25, 0.3) is 11.3 Å². The van der Waals surface area contributed by atoms with Crippen molar-refractivity contribution in [3.63, 3.8) is 0 Å². The molecule has 0 fully saturated rings. The normalized spacial score (nSPS) is 10.5. The zero-order chi connectivity index (χ0) is 17.1. The Morgan fingerprint density at radius 1 is 0.958 bits per heavy atom. The number of ether oxygens (including phenoxy) is 2. The van der Waals surface area contributed by atoms with Gasteiger partial charge in [0.25, 0.3) is 0 Å². The molecule has 5 heteroatoms. The first-order chi connectivity index (χ1) is 11.6. The molecule has 0 atom stereocenters. The number of aromatic nitrogens is 1. The number of methoxy groups -OCH3 is 2. The van der Waals surface area contributed by atoms with Crippen molar-refractivity contribution in [2.45, 2.75) is 13.8 Å². The summed E-state index contributed by atoms with van der Waals surface area (Å²) in [7, 11) is 3.28. The van der Waals surface area contributed by atoms with Crippen LogP contribution in [0.3, 0.4) is 0 Å². The summed E-state index contributed by atoms with van der Waals surface area (Å²) in [6.45, 7) is 4.17. The summed E-state index contributed by atoms with van der Waals surface area (Å²) in [4.78, 5) is 5.92. The van der Waals surface area contributed by atoms with Gasteiger partial charge in [0.2, 0.25) is 0 Å². The molecule has 4 nitrogen and oxygen atoms in total. The zero-order valence-electron chi connectivity index (χ0n) is 14.2. The van der Waals surface area contributed by atoms with Gasteiger partial charge in [-0.1, -0.05) is 29.8 Å². The fraction of sp³-hybridized carbons (Fsp3) is 0.211. The summed E-state index contributed by atoms with van der Waals surface area (Å²) in [5.74, 6) is 1.48. The van der Waals surface area contributed by atoms with E-state index in [4.69, 9.17) is 14.5 Å². The predicted molar refractivity (Wildman–Crippen MR) is 99.9 cm³/mol. The molecule has 1 N–H and O–H groups in total. The van der Waals surface area contributed by atoms with Gasteiger partial charge in [0.05, 0.1) is 25.6 Å². The molecule has 1 heterocycles. The molecule has 3 aromatic rings. The van der Waals surface area contributed by atoms with Gasteiger partial charge in [0, 0.05) is 16.5 Å². The van der Waals surface area contributed by atoms with E-state index in [1.807, 2.05) is 18.2 Å². The minimum Gasteiger partial charge on any atom is -0.497 e. The molecule has 0 spiro atoms. The van der Waals surface area contributed by atoms with Gasteiger partial charge in [-0.3, -0.25) is 0 Å². The van der Waals surface area contributed by atoms with E-state index in [0.717, 1.165) is 33.6 Å². The average molecular weight is 340 g/mol. The summed E-state index contributed by atoms with van der Waals surface area (Å²) in [6, 6.07) is 14.1. The van der Waals surface area contributed by atoms with Gasteiger partial charge < -0.3 is 14.8 Å². The molecule has 0 amide bonds. The standard InChI is InChI=1S/C19H20N2O2S/c1-12-5-7-14(8-6-12)18-13(2)24-19(21-18)20-16-10-9-15(22-3)11-17(16)23-4/h5-11H,1-4H3,(H,20,21). The van der Waals surface area contributed by atoms with E-state index < -0.39 is 0 Å². The molecule has 124 valence electrons. The Kier molecular flexibility index (Phi) is 4.71. The fourth-order valence-electron chi connectivity index (χ4n) is 2.45. The van der Waals surface area contributed by atoms with Gasteiger partial charge in [0.15, 0.2) is 5.13 Å². The van der Waals surface area contributed by atoms with Crippen molar-refractivity contribution in [3.8, 4) is 22.8 Å². The SMILES string of the molecule is COc1ccc(Nc2nc(-c3ccc(C)cc3)c(C)s2)c(OC)c1. The van der Waals surface area contributed by atoms with E-state index in [1.54, 1.807) is 25.6 Å². The van der Waals surface area contributed by atoms with Crippen LogP contribution in [0.2, 0.25) is 0 Å². The third-order valence-corrected chi connectivity index (χ3v) is 4.66. The van der Waals surface area contributed by atoms with Crippen LogP contribution < -0.4 is 14.8 Å². The van der Waals surface area contributed by atoms with E-state index in [1.165, 1.54) is 10.4 Å². The van der Waals surface area contributed by atoms with Crippen LogP contribution in [0.15, 0.2) is 42.5 Å². The van der Waals surface area contributed by atoms with Crippen molar-refractivity contribution in [3.05, 3.63) is 52.9 Å². The highest BCUT2D eigenvalue weighted by Crippen LogP contribution is 2.35. The number of nitrogens with zero attached hydrogens (tertiary/aromatic N) is 1. The van der Waals surface area contributed by atoms with E-state index in [0.29, 0.717) is 0 Å². The number of anilines is 2. The minimum absolute atomic E-state index is 0.721. The number of rotatable bonds is 5. The summed E-state index contributed by atoms with van der Waals surface area (Å²) in [5.41, 5.74) is 4.24. The summed E-state index contributed by atoms with van der Waals surface area (Å²) in [5, 5.41) is 4.18. The Bertz CT molecular complexity index is 841. The van der Waals surface area contributed by atoms with Crippen LogP contribution in [0.1, 0.15) is 10.4 Å². The van der Waals surface area contributed by atoms with Crippen molar-refractivity contribution in [1.29, 1.82) is 0 Å². The topological polar surface area (TPSA) is 43.4 Å². The Balaban J connectivity index is 1.89. The molecule has 24 heavy (non-hydrogen) atoms. The second kappa shape index (κ2) is 6.93. The maximum Gasteiger partial charge on any atom is 0.188 e. The quantitative estimate of drug-likeness (QED) is 0.694. The van der Waals surface area contributed by atoms with Crippen LogP contribution >= 0.6 is 11.3 Å². The first-order valence-electron chi connectivity index (χ1n) is 7.64. The van der Waals surface area contributed by atoms with Crippen LogP contribution in [-0.4, -0.2) is 19.2 Å². The summed E-state index contributed by atoms with van der Waals surface area (Å²) >= 11 is 1.63. The molecule has 0 saturated heterocycles. The fourth-order valence-corrected chi connectivity index (χ4v) is 3.29. The lowest BCUT2D eigenvalue weighted by atomic mass is 10.1. The van der Waals surface area contributed by atoms with E-state index in [9.17, 15) is 0 Å². The summed E-state index contributed by atoms with van der Waals surface area (Å²) < 4.78 is 10.7. The van der Waals surface area contributed by atoms with Crippen LogP contribution in [-0.2, 0) is 0 Å². The van der Waals surface area contributed by atoms with Crippen LogP contribution in [0, 0.1) is 13.8 Å². The highest BCUT2D eigenvalue weighted by Gasteiger charge is 2.12. The van der Waals surface area contributed by atoms with Crippen molar-refractivity contribution in [2.24, 2.45) is 0 Å². The number of aryl methyl sites for hydroxylation is 2. The van der Waals surface area contributed by atoms with E-state index >= 15 is 0 Å². The van der Waals surface area contributed by atoms with Crippen molar-refractivity contribution < 1.29 is 9.47 Å². The Labute approximate surface area is 146 Å². The van der Waals surface area contributed by atoms with E-state index in [2.05, 4.69) is 43.4 Å². The summed E-state index contributed by atoms with van der Waals surface area (Å²) in [6.07, 6.45) is 0. The van der Waals surface area contributed by atoms with E-state index in [-0.39, 0.29) is 0 Å². The number of hydrogen-bond acceptors (Lipinski definition) is 5. The first kappa shape index (κ1) is 16.3. The maximum absolute atomic E-state index is 5.43. The molecule has 0 aliphatic rings. The van der Waals surface area contributed by atoms with Gasteiger partial charge in [-0.05, 0) is 26.0 Å². The number of benzene rings is 2. The molecule has 1 aromatic heterocycles. The molecule has 0 radical (unpaired) electrons. The van der Waals surface area contributed by atoms with Gasteiger partial charge in [-0.2, -0.15) is 0 Å². The third-order valence-electron chi connectivity index (χ3n) is 3.77. The van der Waals surface area contributed by atoms with Gasteiger partial charge in [-0.15, -0.1) is 11.3 Å². The van der Waals surface area contributed by atoms with Crippen LogP contribution in [0.4, 0.5) is 10.8 Å². The molecule has 0 aliphatic carbocycles. The molecule has 0 unspecified atom stereocenters. The predicted octanol–water partition coefficient (Wildman–Crippen LogP) is 5.19. The van der Waals surface area contributed by atoms with Crippen molar-refractivity contribution in [2.75, 3.05) is 19.5 Å². The van der Waals surface area contributed by atoms with Crippen molar-refractivity contribution >= 4 is 22.2 Å². The lowest BCUT2D eigenvalue weighted by Gasteiger charge is -2.10. The molecular formula is C19H20N2O2S. The van der Waals surface area contributed by atoms with Gasteiger partial charge in [0.1, 0.15) is 11.5 Å². The Hall–Kier alpha value is -2.53. The second-order valence-electron chi connectivity index (χ2n) is 5.48. The number of nitrogens with one attached hydrogen (secondary N) is 1. The van der Waals surface area contributed by atoms with Crippen LogP contribution in [0.5, 0.6) is 11.5 Å². The molecule has 0 bridgehead atoms.